The van der Waals surface area contributed by atoms with Crippen molar-refractivity contribution < 1.29 is 9.90 Å². The average molecular weight is 287 g/mol. The quantitative estimate of drug-likeness (QED) is 0.741. The number of benzene rings is 1. The highest BCUT2D eigenvalue weighted by Gasteiger charge is 2.08. The first-order valence-electron chi connectivity index (χ1n) is 5.87. The minimum Gasteiger partial charge on any atom is -0.392 e. The van der Waals surface area contributed by atoms with Crippen molar-refractivity contribution in [2.24, 2.45) is 5.73 Å². The summed E-state index contributed by atoms with van der Waals surface area (Å²) in [7, 11) is 0. The molecule has 2 aromatic rings. The lowest BCUT2D eigenvalue weighted by molar-refractivity contribution is 0.102. The minimum absolute atomic E-state index is 0.0315. The Balaban J connectivity index is 2.08. The summed E-state index contributed by atoms with van der Waals surface area (Å²) >= 11 is 4.82. The number of carbonyl (C=O) groups is 1. The fraction of sp³-hybridized carbons (Fsp3) is 0.0714. The van der Waals surface area contributed by atoms with Crippen LogP contribution in [0.5, 0.6) is 0 Å². The van der Waals surface area contributed by atoms with Crippen molar-refractivity contribution in [1.29, 1.82) is 0 Å². The molecule has 0 atom stereocenters. The van der Waals surface area contributed by atoms with Gasteiger partial charge in [0, 0.05) is 17.4 Å². The van der Waals surface area contributed by atoms with Crippen molar-refractivity contribution in [2.45, 2.75) is 6.61 Å². The Morgan fingerprint density at radius 2 is 1.95 bits per heavy atom. The normalized spacial score (nSPS) is 10.1. The van der Waals surface area contributed by atoms with Crippen LogP contribution in [-0.2, 0) is 6.61 Å². The van der Waals surface area contributed by atoms with Gasteiger partial charge < -0.3 is 16.2 Å². The Hall–Kier alpha value is -2.31. The molecule has 0 saturated heterocycles. The molecule has 102 valence electrons. The molecule has 1 amide bonds. The van der Waals surface area contributed by atoms with Crippen molar-refractivity contribution in [1.82, 2.24) is 4.98 Å². The molecular formula is C14H13N3O2S. The number of aromatic nitrogens is 1. The molecule has 0 bridgehead atoms. The Kier molecular flexibility index (Phi) is 4.39. The SMILES string of the molecule is NC(=S)c1ccc(C(=O)Nc2ccc(CO)cc2)nc1. The topological polar surface area (TPSA) is 88.2 Å². The van der Waals surface area contributed by atoms with E-state index >= 15 is 0 Å². The molecule has 20 heavy (non-hydrogen) atoms. The lowest BCUT2D eigenvalue weighted by atomic mass is 10.2. The van der Waals surface area contributed by atoms with Crippen LogP contribution in [0.15, 0.2) is 42.6 Å². The van der Waals surface area contributed by atoms with Gasteiger partial charge >= 0.3 is 0 Å². The third-order valence-electron chi connectivity index (χ3n) is 2.68. The number of carbonyl (C=O) groups excluding carboxylic acids is 1. The predicted molar refractivity (Wildman–Crippen MR) is 80.4 cm³/mol. The predicted octanol–water partition coefficient (Wildman–Crippen LogP) is 1.46. The van der Waals surface area contributed by atoms with E-state index in [1.807, 2.05) is 0 Å². The van der Waals surface area contributed by atoms with E-state index < -0.39 is 0 Å². The van der Waals surface area contributed by atoms with Crippen LogP contribution in [0, 0.1) is 0 Å². The first-order chi connectivity index (χ1) is 9.60. The summed E-state index contributed by atoms with van der Waals surface area (Å²) in [5.74, 6) is -0.323. The molecule has 6 heteroatoms. The molecule has 1 aromatic carbocycles. The largest absolute Gasteiger partial charge is 0.392 e. The summed E-state index contributed by atoms with van der Waals surface area (Å²) in [6, 6.07) is 10.1. The van der Waals surface area contributed by atoms with Gasteiger partial charge in [0.15, 0.2) is 0 Å². The maximum absolute atomic E-state index is 12.0. The van der Waals surface area contributed by atoms with Crippen LogP contribution in [0.1, 0.15) is 21.6 Å². The zero-order valence-electron chi connectivity index (χ0n) is 10.5. The lowest BCUT2D eigenvalue weighted by Crippen LogP contribution is -2.15. The van der Waals surface area contributed by atoms with Gasteiger partial charge in [-0.2, -0.15) is 0 Å². The van der Waals surface area contributed by atoms with E-state index in [-0.39, 0.29) is 23.2 Å². The molecule has 0 radical (unpaired) electrons. The fourth-order valence-electron chi connectivity index (χ4n) is 1.56. The highest BCUT2D eigenvalue weighted by Crippen LogP contribution is 2.11. The second-order valence-electron chi connectivity index (χ2n) is 4.11. The second kappa shape index (κ2) is 6.23. The van der Waals surface area contributed by atoms with Crippen LogP contribution >= 0.6 is 12.2 Å². The van der Waals surface area contributed by atoms with Crippen molar-refractivity contribution in [2.75, 3.05) is 5.32 Å². The molecule has 0 aliphatic heterocycles. The fourth-order valence-corrected chi connectivity index (χ4v) is 1.68. The summed E-state index contributed by atoms with van der Waals surface area (Å²) in [5.41, 5.74) is 7.76. The van der Waals surface area contributed by atoms with E-state index in [0.29, 0.717) is 11.3 Å². The van der Waals surface area contributed by atoms with Gasteiger partial charge in [-0.15, -0.1) is 0 Å². The zero-order chi connectivity index (χ0) is 14.5. The number of nitrogens with zero attached hydrogens (tertiary/aromatic N) is 1. The van der Waals surface area contributed by atoms with Crippen LogP contribution < -0.4 is 11.1 Å². The molecule has 1 aromatic heterocycles. The third kappa shape index (κ3) is 3.37. The lowest BCUT2D eigenvalue weighted by Gasteiger charge is -2.06. The molecule has 0 aliphatic rings. The smallest absolute Gasteiger partial charge is 0.274 e. The van der Waals surface area contributed by atoms with Crippen molar-refractivity contribution in [3.8, 4) is 0 Å². The zero-order valence-corrected chi connectivity index (χ0v) is 11.4. The number of rotatable bonds is 4. The van der Waals surface area contributed by atoms with Crippen LogP contribution in [0.3, 0.4) is 0 Å². The average Bonchev–Trinajstić information content (AvgIpc) is 2.48. The minimum atomic E-state index is -0.323. The maximum atomic E-state index is 12.0. The van der Waals surface area contributed by atoms with Crippen molar-refractivity contribution in [3.63, 3.8) is 0 Å². The molecule has 2 rings (SSSR count). The van der Waals surface area contributed by atoms with Gasteiger partial charge in [0.1, 0.15) is 10.7 Å². The first kappa shape index (κ1) is 14.1. The van der Waals surface area contributed by atoms with Crippen LogP contribution in [0.25, 0.3) is 0 Å². The van der Waals surface area contributed by atoms with Gasteiger partial charge in [0.05, 0.1) is 6.61 Å². The highest BCUT2D eigenvalue weighted by molar-refractivity contribution is 7.80. The molecule has 0 aliphatic carbocycles. The Morgan fingerprint density at radius 1 is 1.25 bits per heavy atom. The molecule has 5 nitrogen and oxygen atoms in total. The van der Waals surface area contributed by atoms with E-state index in [1.165, 1.54) is 6.20 Å². The molecule has 0 unspecified atom stereocenters. The van der Waals surface area contributed by atoms with Crippen LogP contribution in [0.4, 0.5) is 5.69 Å². The first-order valence-corrected chi connectivity index (χ1v) is 6.28. The Labute approximate surface area is 121 Å². The number of anilines is 1. The number of nitrogens with one attached hydrogen (secondary N) is 1. The Morgan fingerprint density at radius 3 is 2.45 bits per heavy atom. The van der Waals surface area contributed by atoms with E-state index in [4.69, 9.17) is 23.1 Å². The summed E-state index contributed by atoms with van der Waals surface area (Å²) in [5, 5.41) is 11.7. The summed E-state index contributed by atoms with van der Waals surface area (Å²) in [6.07, 6.45) is 1.46. The number of thiocarbonyl (C=S) groups is 1. The molecule has 4 N–H and O–H groups in total. The summed E-state index contributed by atoms with van der Waals surface area (Å²) in [6.45, 7) is -0.0315. The summed E-state index contributed by atoms with van der Waals surface area (Å²) in [4.78, 5) is 16.2. The molecule has 0 fully saturated rings. The maximum Gasteiger partial charge on any atom is 0.274 e. The van der Waals surface area contributed by atoms with Gasteiger partial charge in [-0.1, -0.05) is 24.4 Å². The molecular weight excluding hydrogens is 274 g/mol. The second-order valence-corrected chi connectivity index (χ2v) is 4.55. The molecule has 1 heterocycles. The number of pyridine rings is 1. The Bertz CT molecular complexity index is 624. The van der Waals surface area contributed by atoms with E-state index in [2.05, 4.69) is 10.3 Å². The van der Waals surface area contributed by atoms with Gasteiger partial charge in [-0.05, 0) is 29.8 Å². The standard InChI is InChI=1S/C14H13N3O2S/c15-13(20)10-3-6-12(16-7-10)14(19)17-11-4-1-9(8-18)2-5-11/h1-7,18H,8H2,(H2,15,20)(H,17,19). The van der Waals surface area contributed by atoms with Crippen molar-refractivity contribution >= 4 is 28.8 Å². The highest BCUT2D eigenvalue weighted by atomic mass is 32.1. The number of nitrogens with two attached hydrogens (primary N) is 1. The van der Waals surface area contributed by atoms with E-state index in [0.717, 1.165) is 5.56 Å². The van der Waals surface area contributed by atoms with E-state index in [1.54, 1.807) is 36.4 Å². The summed E-state index contributed by atoms with van der Waals surface area (Å²) < 4.78 is 0. The van der Waals surface area contributed by atoms with Gasteiger partial charge in [-0.25, -0.2) is 0 Å². The van der Waals surface area contributed by atoms with Crippen molar-refractivity contribution in [3.05, 3.63) is 59.4 Å². The number of aliphatic hydroxyl groups is 1. The number of hydrogen-bond acceptors (Lipinski definition) is 4. The third-order valence-corrected chi connectivity index (χ3v) is 2.91. The molecule has 0 saturated carbocycles. The van der Waals surface area contributed by atoms with Gasteiger partial charge in [0.2, 0.25) is 0 Å². The van der Waals surface area contributed by atoms with Gasteiger partial charge in [0.25, 0.3) is 5.91 Å². The van der Waals surface area contributed by atoms with E-state index in [9.17, 15) is 4.79 Å². The van der Waals surface area contributed by atoms with Gasteiger partial charge in [-0.3, -0.25) is 9.78 Å². The van der Waals surface area contributed by atoms with Crippen LogP contribution in [0.2, 0.25) is 0 Å². The monoisotopic (exact) mass is 287 g/mol. The van der Waals surface area contributed by atoms with Crippen LogP contribution in [-0.4, -0.2) is 21.0 Å². The number of amides is 1. The number of hydrogen-bond donors (Lipinski definition) is 3. The number of aliphatic hydroxyl groups excluding tert-OH is 1. The molecule has 0 spiro atoms.